The number of aliphatic hydroxyl groups excluding tert-OH is 4. The van der Waals surface area contributed by atoms with Gasteiger partial charge < -0.3 is 20.4 Å². The Bertz CT molecular complexity index is 186. The molecule has 0 aromatic heterocycles. The number of hydrogen-bond acceptors (Lipinski definition) is 5. The summed E-state index contributed by atoms with van der Waals surface area (Å²) in [6, 6.07) is 0. The quantitative estimate of drug-likeness (QED) is 0.492. The van der Waals surface area contributed by atoms with E-state index < -0.39 is 23.6 Å². The molecule has 1 fully saturated rings. The molecular formula is C9H18O4S. The van der Waals surface area contributed by atoms with Crippen LogP contribution in [0, 0.1) is 5.92 Å². The average Bonchev–Trinajstić information content (AvgIpc) is 2.14. The van der Waals surface area contributed by atoms with Crippen LogP contribution < -0.4 is 0 Å². The van der Waals surface area contributed by atoms with Crippen LogP contribution in [0.25, 0.3) is 0 Å². The highest BCUT2D eigenvalue weighted by atomic mass is 32.2. The van der Waals surface area contributed by atoms with Crippen LogP contribution in [0.4, 0.5) is 0 Å². The summed E-state index contributed by atoms with van der Waals surface area (Å²) in [6.45, 7) is 3.71. The standard InChI is InChI=1S/C9H18O4S/c1-4(2)9-8(13)7(12)6(11)5(3-10)14-9/h4-13H,3H2,1-2H3/t5-,6-,7+,8-,9+/m1/s1. The number of aliphatic hydroxyl groups is 4. The Kier molecular flexibility index (Phi) is 4.21. The van der Waals surface area contributed by atoms with E-state index >= 15 is 0 Å². The smallest absolute Gasteiger partial charge is 0.108 e. The lowest BCUT2D eigenvalue weighted by molar-refractivity contribution is -0.0732. The molecule has 0 spiro atoms. The summed E-state index contributed by atoms with van der Waals surface area (Å²) in [6.07, 6.45) is -3.12. The minimum atomic E-state index is -1.15. The van der Waals surface area contributed by atoms with Gasteiger partial charge in [-0.2, -0.15) is 0 Å². The maximum Gasteiger partial charge on any atom is 0.108 e. The van der Waals surface area contributed by atoms with Crippen molar-refractivity contribution in [3.05, 3.63) is 0 Å². The summed E-state index contributed by atoms with van der Waals surface area (Å²) in [4.78, 5) is 0. The molecule has 1 rings (SSSR count). The molecular weight excluding hydrogens is 204 g/mol. The Morgan fingerprint density at radius 2 is 1.64 bits per heavy atom. The summed E-state index contributed by atoms with van der Waals surface area (Å²) in [7, 11) is 0. The average molecular weight is 222 g/mol. The molecule has 0 radical (unpaired) electrons. The van der Waals surface area contributed by atoms with Crippen molar-refractivity contribution >= 4 is 11.8 Å². The molecule has 0 saturated carbocycles. The van der Waals surface area contributed by atoms with Gasteiger partial charge in [-0.05, 0) is 5.92 Å². The number of rotatable bonds is 2. The van der Waals surface area contributed by atoms with Crippen LogP contribution in [-0.4, -0.2) is 55.8 Å². The maximum absolute atomic E-state index is 9.68. The van der Waals surface area contributed by atoms with Gasteiger partial charge in [0.25, 0.3) is 0 Å². The molecule has 0 aromatic carbocycles. The molecule has 1 heterocycles. The van der Waals surface area contributed by atoms with E-state index in [1.165, 1.54) is 11.8 Å². The van der Waals surface area contributed by atoms with Crippen LogP contribution in [-0.2, 0) is 0 Å². The van der Waals surface area contributed by atoms with Crippen LogP contribution in [0.3, 0.4) is 0 Å². The zero-order valence-electron chi connectivity index (χ0n) is 8.37. The highest BCUT2D eigenvalue weighted by molar-refractivity contribution is 8.00. The first kappa shape index (κ1) is 12.3. The molecule has 1 aliphatic heterocycles. The van der Waals surface area contributed by atoms with Gasteiger partial charge in [0.05, 0.1) is 24.1 Å². The highest BCUT2D eigenvalue weighted by Crippen LogP contribution is 2.36. The monoisotopic (exact) mass is 222 g/mol. The summed E-state index contributed by atoms with van der Waals surface area (Å²) in [5.41, 5.74) is 0. The predicted molar refractivity (Wildman–Crippen MR) is 55.1 cm³/mol. The van der Waals surface area contributed by atoms with Crippen LogP contribution in [0.1, 0.15) is 13.8 Å². The fraction of sp³-hybridized carbons (Fsp3) is 1.00. The van der Waals surface area contributed by atoms with E-state index in [2.05, 4.69) is 0 Å². The molecule has 5 heteroatoms. The third kappa shape index (κ3) is 2.23. The zero-order valence-corrected chi connectivity index (χ0v) is 9.18. The van der Waals surface area contributed by atoms with Crippen LogP contribution in [0.5, 0.6) is 0 Å². The predicted octanol–water partition coefficient (Wildman–Crippen LogP) is -0.799. The summed E-state index contributed by atoms with van der Waals surface area (Å²) in [5.74, 6) is 0.200. The third-order valence-corrected chi connectivity index (χ3v) is 4.50. The number of hydrogen-bond donors (Lipinski definition) is 4. The molecule has 4 nitrogen and oxygen atoms in total. The van der Waals surface area contributed by atoms with Gasteiger partial charge in [0.2, 0.25) is 0 Å². The van der Waals surface area contributed by atoms with Crippen LogP contribution in [0.15, 0.2) is 0 Å². The van der Waals surface area contributed by atoms with Crippen LogP contribution in [0.2, 0.25) is 0 Å². The van der Waals surface area contributed by atoms with Crippen molar-refractivity contribution in [2.45, 2.75) is 42.7 Å². The Morgan fingerprint density at radius 1 is 1.07 bits per heavy atom. The minimum Gasteiger partial charge on any atom is -0.395 e. The lowest BCUT2D eigenvalue weighted by atomic mass is 9.95. The Balaban J connectivity index is 2.73. The van der Waals surface area contributed by atoms with E-state index in [-0.39, 0.29) is 17.8 Å². The molecule has 1 saturated heterocycles. The Hall–Kier alpha value is 0.190. The maximum atomic E-state index is 9.68. The van der Waals surface area contributed by atoms with E-state index in [0.29, 0.717) is 0 Å². The normalized spacial score (nSPS) is 44.4. The second kappa shape index (κ2) is 4.81. The van der Waals surface area contributed by atoms with Gasteiger partial charge in [0.1, 0.15) is 6.10 Å². The fourth-order valence-corrected chi connectivity index (χ4v) is 3.13. The fourth-order valence-electron chi connectivity index (χ4n) is 1.68. The first-order chi connectivity index (χ1) is 6.49. The molecule has 0 aliphatic carbocycles. The van der Waals surface area contributed by atoms with Crippen molar-refractivity contribution in [1.82, 2.24) is 0 Å². The largest absolute Gasteiger partial charge is 0.395 e. The molecule has 84 valence electrons. The van der Waals surface area contributed by atoms with Gasteiger partial charge in [-0.15, -0.1) is 11.8 Å². The van der Waals surface area contributed by atoms with E-state index in [4.69, 9.17) is 5.11 Å². The van der Waals surface area contributed by atoms with Crippen molar-refractivity contribution in [2.24, 2.45) is 5.92 Å². The van der Waals surface area contributed by atoms with E-state index in [0.717, 1.165) is 0 Å². The van der Waals surface area contributed by atoms with Crippen LogP contribution >= 0.6 is 11.8 Å². The van der Waals surface area contributed by atoms with E-state index in [1.807, 2.05) is 13.8 Å². The molecule has 0 bridgehead atoms. The van der Waals surface area contributed by atoms with Gasteiger partial charge in [0, 0.05) is 5.25 Å². The van der Waals surface area contributed by atoms with Gasteiger partial charge in [-0.3, -0.25) is 0 Å². The summed E-state index contributed by atoms with van der Waals surface area (Å²) in [5, 5.41) is 37.2. The topological polar surface area (TPSA) is 80.9 Å². The summed E-state index contributed by atoms with van der Waals surface area (Å²) < 4.78 is 0. The van der Waals surface area contributed by atoms with Crippen molar-refractivity contribution in [1.29, 1.82) is 0 Å². The lowest BCUT2D eigenvalue weighted by Gasteiger charge is -2.41. The first-order valence-corrected chi connectivity index (χ1v) is 5.73. The molecule has 0 amide bonds. The van der Waals surface area contributed by atoms with E-state index in [9.17, 15) is 15.3 Å². The van der Waals surface area contributed by atoms with Gasteiger partial charge >= 0.3 is 0 Å². The summed E-state index contributed by atoms with van der Waals surface area (Å²) >= 11 is 1.35. The number of thioether (sulfide) groups is 1. The van der Waals surface area contributed by atoms with E-state index in [1.54, 1.807) is 0 Å². The SMILES string of the molecule is CC(C)[C@@H]1S[C@H](CO)[C@@H](O)[C@H](O)[C@H]1O. The molecule has 14 heavy (non-hydrogen) atoms. The Morgan fingerprint density at radius 3 is 2.07 bits per heavy atom. The van der Waals surface area contributed by atoms with Crippen molar-refractivity contribution < 1.29 is 20.4 Å². The molecule has 1 aliphatic rings. The third-order valence-electron chi connectivity index (χ3n) is 2.59. The first-order valence-electron chi connectivity index (χ1n) is 4.79. The second-order valence-corrected chi connectivity index (χ2v) is 5.46. The highest BCUT2D eigenvalue weighted by Gasteiger charge is 2.43. The zero-order chi connectivity index (χ0) is 10.9. The lowest BCUT2D eigenvalue weighted by Crippen LogP contribution is -2.55. The molecule has 0 unspecified atom stereocenters. The molecule has 4 N–H and O–H groups in total. The molecule has 0 aromatic rings. The second-order valence-electron chi connectivity index (χ2n) is 4.04. The van der Waals surface area contributed by atoms with Crippen molar-refractivity contribution in [3.8, 4) is 0 Å². The van der Waals surface area contributed by atoms with Crippen molar-refractivity contribution in [3.63, 3.8) is 0 Å². The van der Waals surface area contributed by atoms with Crippen molar-refractivity contribution in [2.75, 3.05) is 6.61 Å². The molecule has 5 atom stereocenters. The van der Waals surface area contributed by atoms with Gasteiger partial charge in [0.15, 0.2) is 0 Å². The van der Waals surface area contributed by atoms with Gasteiger partial charge in [-0.1, -0.05) is 13.8 Å². The Labute approximate surface area is 88.0 Å². The minimum absolute atomic E-state index is 0.134. The van der Waals surface area contributed by atoms with Gasteiger partial charge in [-0.25, -0.2) is 0 Å².